The molecule has 8 nitrogen and oxygen atoms in total. The van der Waals surface area contributed by atoms with Gasteiger partial charge >= 0.3 is 0 Å². The van der Waals surface area contributed by atoms with E-state index in [0.29, 0.717) is 23.6 Å². The largest absolute Gasteiger partial charge is 0.387 e. The van der Waals surface area contributed by atoms with Crippen molar-refractivity contribution in [3.8, 4) is 0 Å². The van der Waals surface area contributed by atoms with Crippen LogP contribution in [-0.4, -0.2) is 38.8 Å². The number of anilines is 2. The minimum atomic E-state index is -0.335. The topological polar surface area (TPSA) is 101 Å². The number of aryl methyl sites for hydroxylation is 1. The number of carbonyl (C=O) groups excluding carboxylic acids is 2. The molecule has 1 amide bonds. The maximum absolute atomic E-state index is 12.7. The van der Waals surface area contributed by atoms with Crippen LogP contribution in [0.5, 0.6) is 0 Å². The Morgan fingerprint density at radius 2 is 2.21 bits per heavy atom. The van der Waals surface area contributed by atoms with E-state index in [-0.39, 0.29) is 23.7 Å². The van der Waals surface area contributed by atoms with Crippen LogP contribution < -0.4 is 16.0 Å². The maximum Gasteiger partial charge on any atom is 0.255 e. The van der Waals surface area contributed by atoms with Crippen LogP contribution in [0.3, 0.4) is 0 Å². The number of rotatable bonds is 7. The molecule has 0 radical (unpaired) electrons. The monoisotopic (exact) mass is 380 g/mol. The molecule has 28 heavy (non-hydrogen) atoms. The Bertz CT molecular complexity index is 877. The number of Topliss-reactive ketones (excluding diaryl/α,β-unsaturated/α-hetero) is 1. The molecule has 4 rings (SSSR count). The number of pyridine rings is 1. The molecule has 0 saturated heterocycles. The van der Waals surface area contributed by atoms with Crippen LogP contribution in [0.2, 0.25) is 0 Å². The number of fused-ring (bicyclic) bond motifs is 1. The van der Waals surface area contributed by atoms with E-state index in [2.05, 4.69) is 25.9 Å². The second-order valence-electron chi connectivity index (χ2n) is 7.15. The summed E-state index contributed by atoms with van der Waals surface area (Å²) in [6, 6.07) is 5.51. The second-order valence-corrected chi connectivity index (χ2v) is 7.15. The molecule has 2 unspecified atom stereocenters. The summed E-state index contributed by atoms with van der Waals surface area (Å²) in [6.45, 7) is 1.64. The van der Waals surface area contributed by atoms with Crippen molar-refractivity contribution in [2.75, 3.05) is 17.2 Å². The van der Waals surface area contributed by atoms with E-state index in [1.54, 1.807) is 24.8 Å². The zero-order valence-electron chi connectivity index (χ0n) is 15.6. The van der Waals surface area contributed by atoms with E-state index >= 15 is 0 Å². The van der Waals surface area contributed by atoms with Crippen LogP contribution in [0, 0.1) is 5.92 Å². The molecule has 0 spiro atoms. The Balaban J connectivity index is 1.31. The van der Waals surface area contributed by atoms with Gasteiger partial charge in [-0.1, -0.05) is 6.07 Å². The molecule has 146 valence electrons. The fourth-order valence-electron chi connectivity index (χ4n) is 3.79. The van der Waals surface area contributed by atoms with Gasteiger partial charge in [-0.2, -0.15) is 0 Å². The Hall–Kier alpha value is -3.16. The first-order valence-electron chi connectivity index (χ1n) is 9.67. The Morgan fingerprint density at radius 1 is 1.32 bits per heavy atom. The van der Waals surface area contributed by atoms with Crippen LogP contribution in [0.25, 0.3) is 0 Å². The number of amides is 1. The molecule has 2 aliphatic rings. The lowest BCUT2D eigenvalue weighted by atomic mass is 9.81. The smallest absolute Gasteiger partial charge is 0.255 e. The first kappa shape index (κ1) is 18.2. The zero-order valence-corrected chi connectivity index (χ0v) is 15.6. The van der Waals surface area contributed by atoms with Crippen LogP contribution in [0.15, 0.2) is 48.7 Å². The minimum absolute atomic E-state index is 0.0541. The summed E-state index contributed by atoms with van der Waals surface area (Å²) >= 11 is 0. The molecular formula is C20H24N6O2. The minimum Gasteiger partial charge on any atom is -0.387 e. The van der Waals surface area contributed by atoms with Gasteiger partial charge in [0.25, 0.3) is 5.91 Å². The highest BCUT2D eigenvalue weighted by Crippen LogP contribution is 2.32. The lowest BCUT2D eigenvalue weighted by Gasteiger charge is -2.25. The highest BCUT2D eigenvalue weighted by atomic mass is 16.2. The number of nitrogens with zero attached hydrogens (tertiary/aromatic N) is 3. The lowest BCUT2D eigenvalue weighted by molar-refractivity contribution is -0.125. The highest BCUT2D eigenvalue weighted by molar-refractivity contribution is 6.08. The van der Waals surface area contributed by atoms with Crippen LogP contribution in [0.4, 0.5) is 11.6 Å². The average Bonchev–Trinajstić information content (AvgIpc) is 3.36. The van der Waals surface area contributed by atoms with E-state index in [4.69, 9.17) is 0 Å². The number of hydrogen-bond donors (Lipinski definition) is 3. The lowest BCUT2D eigenvalue weighted by Crippen LogP contribution is -2.38. The third-order valence-electron chi connectivity index (χ3n) is 5.19. The molecule has 1 aliphatic carbocycles. The van der Waals surface area contributed by atoms with E-state index in [0.717, 1.165) is 32.4 Å². The number of nitrogens with one attached hydrogen (secondary N) is 3. The van der Waals surface area contributed by atoms with Crippen molar-refractivity contribution >= 4 is 23.3 Å². The molecule has 3 N–H and O–H groups in total. The molecule has 1 fully saturated rings. The van der Waals surface area contributed by atoms with Gasteiger partial charge in [0.2, 0.25) is 0 Å². The molecule has 0 bridgehead atoms. The molecular weight excluding hydrogens is 356 g/mol. The Morgan fingerprint density at radius 3 is 3.07 bits per heavy atom. The summed E-state index contributed by atoms with van der Waals surface area (Å²) in [5.74, 6) is 0.716. The van der Waals surface area contributed by atoms with Crippen molar-refractivity contribution in [1.29, 1.82) is 0 Å². The highest BCUT2D eigenvalue weighted by Gasteiger charge is 2.40. The summed E-state index contributed by atoms with van der Waals surface area (Å²) in [4.78, 5) is 33.4. The number of imidazole rings is 1. The van der Waals surface area contributed by atoms with Crippen LogP contribution >= 0.6 is 0 Å². The Labute approximate surface area is 163 Å². The van der Waals surface area contributed by atoms with Crippen LogP contribution in [-0.2, 0) is 16.1 Å². The van der Waals surface area contributed by atoms with Gasteiger partial charge in [0.15, 0.2) is 0 Å². The summed E-state index contributed by atoms with van der Waals surface area (Å²) < 4.78 is 2.02. The van der Waals surface area contributed by atoms with Gasteiger partial charge in [-0.3, -0.25) is 9.59 Å². The third-order valence-corrected chi connectivity index (χ3v) is 5.19. The second kappa shape index (κ2) is 8.24. The van der Waals surface area contributed by atoms with Gasteiger partial charge in [0.05, 0.1) is 12.2 Å². The average molecular weight is 380 g/mol. The molecule has 0 aromatic carbocycles. The first-order chi connectivity index (χ1) is 13.7. The van der Waals surface area contributed by atoms with E-state index in [1.807, 2.05) is 22.9 Å². The van der Waals surface area contributed by atoms with E-state index < -0.39 is 0 Å². The normalized spacial score (nSPS) is 20.9. The molecule has 3 heterocycles. The SMILES string of the molecule is O=C(Nc1cccc(NCCCn2ccnc2)n1)C1=CNC2CCCC(=O)C12. The molecule has 2 aromatic rings. The fourth-order valence-corrected chi connectivity index (χ4v) is 3.79. The number of ketones is 1. The molecule has 2 aromatic heterocycles. The van der Waals surface area contributed by atoms with Crippen molar-refractivity contribution in [2.45, 2.75) is 38.3 Å². The predicted octanol–water partition coefficient (Wildman–Crippen LogP) is 1.94. The van der Waals surface area contributed by atoms with Crippen molar-refractivity contribution in [2.24, 2.45) is 5.92 Å². The van der Waals surface area contributed by atoms with Crippen LogP contribution in [0.1, 0.15) is 25.7 Å². The van der Waals surface area contributed by atoms with Gasteiger partial charge in [-0.25, -0.2) is 9.97 Å². The molecule has 2 atom stereocenters. The van der Waals surface area contributed by atoms with Gasteiger partial charge in [-0.15, -0.1) is 0 Å². The van der Waals surface area contributed by atoms with Crippen molar-refractivity contribution < 1.29 is 9.59 Å². The van der Waals surface area contributed by atoms with Gasteiger partial charge in [-0.05, 0) is 31.4 Å². The third kappa shape index (κ3) is 4.05. The Kier molecular flexibility index (Phi) is 5.36. The first-order valence-corrected chi connectivity index (χ1v) is 9.67. The van der Waals surface area contributed by atoms with Gasteiger partial charge in [0, 0.05) is 49.7 Å². The van der Waals surface area contributed by atoms with Gasteiger partial charge in [0.1, 0.15) is 17.4 Å². The summed E-state index contributed by atoms with van der Waals surface area (Å²) in [7, 11) is 0. The fraction of sp³-hybridized carbons (Fsp3) is 0.400. The van der Waals surface area contributed by atoms with Gasteiger partial charge < -0.3 is 20.5 Å². The summed E-state index contributed by atoms with van der Waals surface area (Å²) in [6.07, 6.45) is 10.5. The maximum atomic E-state index is 12.7. The molecule has 8 heteroatoms. The van der Waals surface area contributed by atoms with E-state index in [9.17, 15) is 9.59 Å². The zero-order chi connectivity index (χ0) is 19.3. The summed E-state index contributed by atoms with van der Waals surface area (Å²) in [5, 5.41) is 9.27. The number of carbonyl (C=O) groups is 2. The number of hydrogen-bond acceptors (Lipinski definition) is 6. The number of aromatic nitrogens is 3. The summed E-state index contributed by atoms with van der Waals surface area (Å²) in [5.41, 5.74) is 0.509. The quantitative estimate of drug-likeness (QED) is 0.635. The van der Waals surface area contributed by atoms with Crippen molar-refractivity contribution in [3.05, 3.63) is 48.7 Å². The van der Waals surface area contributed by atoms with Crippen molar-refractivity contribution in [1.82, 2.24) is 19.9 Å². The predicted molar refractivity (Wildman–Crippen MR) is 106 cm³/mol. The van der Waals surface area contributed by atoms with Crippen molar-refractivity contribution in [3.63, 3.8) is 0 Å². The standard InChI is InChI=1S/C20H24N6O2/c27-16-5-1-4-15-19(16)14(12-23-15)20(28)25-18-7-2-6-17(24-18)22-8-3-10-26-11-9-21-13-26/h2,6-7,9,11-13,15,19,23H,1,3-5,8,10H2,(H2,22,24,25,28). The van der Waals surface area contributed by atoms with E-state index in [1.165, 1.54) is 0 Å². The molecule has 1 saturated carbocycles. The molecule has 1 aliphatic heterocycles.